The second kappa shape index (κ2) is 6.77. The maximum Gasteiger partial charge on any atom is 0.246 e. The average molecular weight is 293 g/mol. The van der Waals surface area contributed by atoms with Gasteiger partial charge in [-0.3, -0.25) is 4.79 Å². The van der Waals surface area contributed by atoms with Gasteiger partial charge in [-0.1, -0.05) is 23.8 Å². The van der Waals surface area contributed by atoms with Crippen LogP contribution in [0.2, 0.25) is 0 Å². The van der Waals surface area contributed by atoms with Crippen molar-refractivity contribution in [3.8, 4) is 6.07 Å². The lowest BCUT2D eigenvalue weighted by molar-refractivity contribution is -0.116. The van der Waals surface area contributed by atoms with Crippen LogP contribution in [-0.2, 0) is 4.79 Å². The molecule has 0 heterocycles. The van der Waals surface area contributed by atoms with Crippen LogP contribution in [0, 0.1) is 25.2 Å². The van der Waals surface area contributed by atoms with Crippen LogP contribution in [0.1, 0.15) is 23.6 Å². The minimum Gasteiger partial charge on any atom is -0.374 e. The van der Waals surface area contributed by atoms with Crippen LogP contribution in [0.25, 0.3) is 0 Å². The molecule has 0 aliphatic rings. The number of hydrogen-bond donors (Lipinski definition) is 2. The highest BCUT2D eigenvalue weighted by atomic mass is 16.2. The van der Waals surface area contributed by atoms with Crippen molar-refractivity contribution in [2.24, 2.45) is 0 Å². The molecule has 22 heavy (non-hydrogen) atoms. The monoisotopic (exact) mass is 293 g/mol. The lowest BCUT2D eigenvalue weighted by atomic mass is 10.1. The predicted molar refractivity (Wildman–Crippen MR) is 88.8 cm³/mol. The van der Waals surface area contributed by atoms with E-state index in [2.05, 4.69) is 22.8 Å². The zero-order valence-electron chi connectivity index (χ0n) is 13.0. The van der Waals surface area contributed by atoms with E-state index in [9.17, 15) is 4.79 Å². The Morgan fingerprint density at radius 1 is 1.18 bits per heavy atom. The molecule has 4 nitrogen and oxygen atoms in total. The Kier molecular flexibility index (Phi) is 4.80. The molecule has 2 rings (SSSR count). The first kappa shape index (κ1) is 15.6. The fourth-order valence-electron chi connectivity index (χ4n) is 2.19. The summed E-state index contributed by atoms with van der Waals surface area (Å²) in [4.78, 5) is 12.2. The van der Waals surface area contributed by atoms with Gasteiger partial charge in [-0.25, -0.2) is 0 Å². The van der Waals surface area contributed by atoms with Crippen LogP contribution in [0.5, 0.6) is 0 Å². The Balaban J connectivity index is 2.04. The maximum atomic E-state index is 12.2. The quantitative estimate of drug-likeness (QED) is 0.905. The zero-order chi connectivity index (χ0) is 16.1. The van der Waals surface area contributed by atoms with Gasteiger partial charge in [-0.2, -0.15) is 5.26 Å². The average Bonchev–Trinajstić information content (AvgIpc) is 2.50. The van der Waals surface area contributed by atoms with Crippen LogP contribution in [0.4, 0.5) is 11.4 Å². The molecule has 0 spiro atoms. The summed E-state index contributed by atoms with van der Waals surface area (Å²) in [6, 6.07) is 14.6. The van der Waals surface area contributed by atoms with Gasteiger partial charge < -0.3 is 10.6 Å². The Labute approximate surface area is 130 Å². The minimum absolute atomic E-state index is 0.143. The summed E-state index contributed by atoms with van der Waals surface area (Å²) in [6.45, 7) is 5.86. The van der Waals surface area contributed by atoms with E-state index in [1.807, 2.05) is 32.9 Å². The Hall–Kier alpha value is -2.80. The fourth-order valence-corrected chi connectivity index (χ4v) is 2.19. The summed E-state index contributed by atoms with van der Waals surface area (Å²) in [5.74, 6) is -0.143. The van der Waals surface area contributed by atoms with Crippen molar-refractivity contribution < 1.29 is 4.79 Å². The van der Waals surface area contributed by atoms with Gasteiger partial charge in [0.15, 0.2) is 0 Å². The second-order valence-electron chi connectivity index (χ2n) is 5.37. The molecule has 4 heteroatoms. The fraction of sp³-hybridized carbons (Fsp3) is 0.222. The summed E-state index contributed by atoms with van der Waals surface area (Å²) in [6.07, 6.45) is 0. The van der Waals surface area contributed by atoms with Gasteiger partial charge in [0.1, 0.15) is 6.04 Å². The van der Waals surface area contributed by atoms with Gasteiger partial charge in [-0.05, 0) is 50.6 Å². The zero-order valence-corrected chi connectivity index (χ0v) is 13.0. The Bertz CT molecular complexity index is 731. The van der Waals surface area contributed by atoms with Crippen LogP contribution < -0.4 is 10.6 Å². The number of nitriles is 1. The van der Waals surface area contributed by atoms with Crippen molar-refractivity contribution >= 4 is 17.3 Å². The highest BCUT2D eigenvalue weighted by molar-refractivity contribution is 5.96. The van der Waals surface area contributed by atoms with Gasteiger partial charge in [0.25, 0.3) is 0 Å². The molecular weight excluding hydrogens is 274 g/mol. The van der Waals surface area contributed by atoms with E-state index < -0.39 is 0 Å². The molecule has 0 aromatic heterocycles. The molecular formula is C18H19N3O. The van der Waals surface area contributed by atoms with Gasteiger partial charge in [-0.15, -0.1) is 0 Å². The molecule has 2 N–H and O–H groups in total. The molecule has 0 radical (unpaired) electrons. The molecule has 0 fully saturated rings. The van der Waals surface area contributed by atoms with E-state index in [4.69, 9.17) is 5.26 Å². The molecule has 1 atom stereocenters. The van der Waals surface area contributed by atoms with Gasteiger partial charge in [0.2, 0.25) is 5.91 Å². The number of nitrogens with one attached hydrogen (secondary N) is 2. The summed E-state index contributed by atoms with van der Waals surface area (Å²) >= 11 is 0. The number of carbonyl (C=O) groups is 1. The SMILES string of the molecule is Cc1ccc(N[C@H](C)C(=O)Nc2cccc(C#N)c2)c(C)c1. The molecule has 112 valence electrons. The number of anilines is 2. The van der Waals surface area contributed by atoms with Crippen LogP contribution >= 0.6 is 0 Å². The van der Waals surface area contributed by atoms with Crippen LogP contribution in [0.3, 0.4) is 0 Å². The number of amides is 1. The number of aryl methyl sites for hydroxylation is 2. The highest BCUT2D eigenvalue weighted by Gasteiger charge is 2.13. The van der Waals surface area contributed by atoms with E-state index in [1.165, 1.54) is 5.56 Å². The molecule has 0 unspecified atom stereocenters. The van der Waals surface area contributed by atoms with Crippen LogP contribution in [0.15, 0.2) is 42.5 Å². The van der Waals surface area contributed by atoms with E-state index in [-0.39, 0.29) is 11.9 Å². The van der Waals surface area contributed by atoms with Crippen LogP contribution in [-0.4, -0.2) is 11.9 Å². The summed E-state index contributed by atoms with van der Waals surface area (Å²) in [5, 5.41) is 14.9. The molecule has 0 saturated carbocycles. The minimum atomic E-state index is -0.382. The number of rotatable bonds is 4. The standard InChI is InChI=1S/C18H19N3O/c1-12-7-8-17(13(2)9-12)20-14(3)18(22)21-16-6-4-5-15(10-16)11-19/h4-10,14,20H,1-3H3,(H,21,22)/t14-/m1/s1. The Morgan fingerprint density at radius 2 is 1.95 bits per heavy atom. The lowest BCUT2D eigenvalue weighted by Crippen LogP contribution is -2.32. The van der Waals surface area contributed by atoms with Crippen molar-refractivity contribution in [1.29, 1.82) is 5.26 Å². The first-order chi connectivity index (χ1) is 10.5. The number of nitrogens with zero attached hydrogens (tertiary/aromatic N) is 1. The first-order valence-corrected chi connectivity index (χ1v) is 7.14. The molecule has 1 amide bonds. The van der Waals surface area contributed by atoms with Crippen molar-refractivity contribution in [3.63, 3.8) is 0 Å². The lowest BCUT2D eigenvalue weighted by Gasteiger charge is -2.17. The van der Waals surface area contributed by atoms with Gasteiger partial charge in [0, 0.05) is 11.4 Å². The van der Waals surface area contributed by atoms with E-state index in [0.717, 1.165) is 11.3 Å². The number of carbonyl (C=O) groups excluding carboxylic acids is 1. The van der Waals surface area contributed by atoms with Crippen molar-refractivity contribution in [3.05, 3.63) is 59.2 Å². The van der Waals surface area contributed by atoms with E-state index in [1.54, 1.807) is 24.3 Å². The number of benzene rings is 2. The molecule has 2 aromatic rings. The van der Waals surface area contributed by atoms with E-state index >= 15 is 0 Å². The number of hydrogen-bond acceptors (Lipinski definition) is 3. The molecule has 0 bridgehead atoms. The smallest absolute Gasteiger partial charge is 0.246 e. The third-order valence-electron chi connectivity index (χ3n) is 3.41. The molecule has 0 aliphatic heterocycles. The largest absolute Gasteiger partial charge is 0.374 e. The third kappa shape index (κ3) is 3.86. The summed E-state index contributed by atoms with van der Waals surface area (Å²) < 4.78 is 0. The normalized spacial score (nSPS) is 11.4. The van der Waals surface area contributed by atoms with Crippen molar-refractivity contribution in [2.45, 2.75) is 26.8 Å². The van der Waals surface area contributed by atoms with Gasteiger partial charge >= 0.3 is 0 Å². The highest BCUT2D eigenvalue weighted by Crippen LogP contribution is 2.17. The van der Waals surface area contributed by atoms with Crippen molar-refractivity contribution in [1.82, 2.24) is 0 Å². The van der Waals surface area contributed by atoms with Gasteiger partial charge in [0.05, 0.1) is 11.6 Å². The first-order valence-electron chi connectivity index (χ1n) is 7.14. The molecule has 2 aromatic carbocycles. The topological polar surface area (TPSA) is 64.9 Å². The summed E-state index contributed by atoms with van der Waals surface area (Å²) in [7, 11) is 0. The maximum absolute atomic E-state index is 12.2. The predicted octanol–water partition coefficient (Wildman–Crippen LogP) is 3.61. The molecule has 0 saturated heterocycles. The van der Waals surface area contributed by atoms with Crippen molar-refractivity contribution in [2.75, 3.05) is 10.6 Å². The third-order valence-corrected chi connectivity index (χ3v) is 3.41. The molecule has 0 aliphatic carbocycles. The summed E-state index contributed by atoms with van der Waals surface area (Å²) in [5.41, 5.74) is 4.38. The Morgan fingerprint density at radius 3 is 2.64 bits per heavy atom. The second-order valence-corrected chi connectivity index (χ2v) is 5.37. The van der Waals surface area contributed by atoms with E-state index in [0.29, 0.717) is 11.3 Å².